The second-order valence-corrected chi connectivity index (χ2v) is 12.9. The Morgan fingerprint density at radius 2 is 2.04 bits per heavy atom. The zero-order valence-electron chi connectivity index (χ0n) is 26.4. The summed E-state index contributed by atoms with van der Waals surface area (Å²) in [4.78, 5) is 37.0. The lowest BCUT2D eigenvalue weighted by atomic mass is 9.99. The monoisotopic (exact) mass is 618 g/mol. The molecule has 1 aromatic carbocycles. The average Bonchev–Trinajstić information content (AvgIpc) is 3.57. The Kier molecular flexibility index (Phi) is 8.16. The maximum Gasteiger partial charge on any atom is 0.318 e. The van der Waals surface area contributed by atoms with Gasteiger partial charge in [-0.1, -0.05) is 6.58 Å². The first-order chi connectivity index (χ1) is 21.5. The van der Waals surface area contributed by atoms with Gasteiger partial charge in [0.15, 0.2) is 5.83 Å². The number of piperazine rings is 1. The molecular weight excluding hydrogens is 578 g/mol. The van der Waals surface area contributed by atoms with Crippen molar-refractivity contribution in [3.63, 3.8) is 0 Å². The highest BCUT2D eigenvalue weighted by molar-refractivity contribution is 5.95. The van der Waals surface area contributed by atoms with Crippen LogP contribution in [0.5, 0.6) is 6.01 Å². The number of alkyl halides is 1. The topological polar surface area (TPSA) is 85.2 Å². The van der Waals surface area contributed by atoms with Gasteiger partial charge in [0.25, 0.3) is 5.91 Å². The quantitative estimate of drug-likeness (QED) is 0.311. The van der Waals surface area contributed by atoms with E-state index < -0.39 is 23.4 Å². The SMILES string of the molecule is [C-]#[N+]C[C@H]1CN(c2nc(OC[C@@H]3CC(C)(F)CN3C)nc3c2CCN(c2c(C)c(C)cc4[nH]ccc24)C3)CCN1C(=O)C(=C)F. The number of anilines is 2. The number of amides is 1. The molecule has 0 spiro atoms. The number of hydrogen-bond donors (Lipinski definition) is 1. The third-order valence-electron chi connectivity index (χ3n) is 9.53. The number of nitrogens with zero attached hydrogens (tertiary/aromatic N) is 7. The van der Waals surface area contributed by atoms with Gasteiger partial charge in [-0.3, -0.25) is 9.69 Å². The number of aromatic nitrogens is 3. The zero-order chi connectivity index (χ0) is 32.0. The number of halogens is 2. The summed E-state index contributed by atoms with van der Waals surface area (Å²) >= 11 is 0. The van der Waals surface area contributed by atoms with Crippen molar-refractivity contribution >= 4 is 28.3 Å². The molecular formula is C33H40F2N8O2. The Hall–Kier alpha value is -4.24. The predicted molar refractivity (Wildman–Crippen MR) is 170 cm³/mol. The van der Waals surface area contributed by atoms with Gasteiger partial charge in [0.1, 0.15) is 24.1 Å². The lowest BCUT2D eigenvalue weighted by molar-refractivity contribution is -0.131. The van der Waals surface area contributed by atoms with Crippen LogP contribution in [-0.2, 0) is 17.8 Å². The number of nitrogens with one attached hydrogen (secondary N) is 1. The van der Waals surface area contributed by atoms with Crippen molar-refractivity contribution in [2.24, 2.45) is 0 Å². The van der Waals surface area contributed by atoms with Gasteiger partial charge in [0, 0.05) is 73.5 Å². The second-order valence-electron chi connectivity index (χ2n) is 12.9. The van der Waals surface area contributed by atoms with Crippen LogP contribution in [0.2, 0.25) is 0 Å². The van der Waals surface area contributed by atoms with E-state index >= 15 is 0 Å². The summed E-state index contributed by atoms with van der Waals surface area (Å²) in [7, 11) is 1.90. The Labute approximate surface area is 262 Å². The van der Waals surface area contributed by atoms with Gasteiger partial charge in [0.05, 0.1) is 12.2 Å². The molecule has 1 amide bonds. The maximum absolute atomic E-state index is 14.7. The van der Waals surface area contributed by atoms with E-state index in [1.807, 2.05) is 18.1 Å². The molecule has 0 saturated carbocycles. The summed E-state index contributed by atoms with van der Waals surface area (Å²) in [5.74, 6) is -1.10. The third-order valence-corrected chi connectivity index (χ3v) is 9.53. The number of aromatic amines is 1. The molecule has 2 saturated heterocycles. The number of aryl methyl sites for hydroxylation is 1. The molecule has 5 heterocycles. The summed E-state index contributed by atoms with van der Waals surface area (Å²) in [5, 5.41) is 1.16. The molecule has 238 valence electrons. The van der Waals surface area contributed by atoms with E-state index in [4.69, 9.17) is 21.3 Å². The first-order valence-electron chi connectivity index (χ1n) is 15.4. The molecule has 3 aromatic rings. The van der Waals surface area contributed by atoms with Crippen LogP contribution in [0.3, 0.4) is 0 Å². The minimum atomic E-state index is -1.28. The molecule has 3 aliphatic rings. The van der Waals surface area contributed by atoms with Gasteiger partial charge in [-0.05, 0) is 57.5 Å². The van der Waals surface area contributed by atoms with Crippen LogP contribution in [0, 0.1) is 20.4 Å². The lowest BCUT2D eigenvalue weighted by Crippen LogP contribution is -2.57. The van der Waals surface area contributed by atoms with Gasteiger partial charge >= 0.3 is 6.01 Å². The molecule has 6 rings (SSSR count). The fourth-order valence-electron chi connectivity index (χ4n) is 7.18. The van der Waals surface area contributed by atoms with Crippen LogP contribution < -0.4 is 14.5 Å². The van der Waals surface area contributed by atoms with Crippen LogP contribution in [0.1, 0.15) is 35.7 Å². The van der Waals surface area contributed by atoms with Gasteiger partial charge in [-0.25, -0.2) is 15.4 Å². The lowest BCUT2D eigenvalue weighted by Gasteiger charge is -2.41. The summed E-state index contributed by atoms with van der Waals surface area (Å²) in [6.07, 6.45) is 3.01. The van der Waals surface area contributed by atoms with E-state index in [1.165, 1.54) is 21.7 Å². The van der Waals surface area contributed by atoms with E-state index in [9.17, 15) is 13.6 Å². The van der Waals surface area contributed by atoms with Crippen molar-refractivity contribution in [1.82, 2.24) is 24.8 Å². The van der Waals surface area contributed by atoms with Crippen molar-refractivity contribution in [2.75, 3.05) is 62.7 Å². The molecule has 3 atom stereocenters. The van der Waals surface area contributed by atoms with Crippen LogP contribution in [0.4, 0.5) is 20.3 Å². The number of likely N-dealkylation sites (tertiary alicyclic amines) is 1. The van der Waals surface area contributed by atoms with E-state index in [0.29, 0.717) is 44.8 Å². The molecule has 0 radical (unpaired) electrons. The first-order valence-corrected chi connectivity index (χ1v) is 15.4. The van der Waals surface area contributed by atoms with Gasteiger partial charge in [0.2, 0.25) is 6.54 Å². The van der Waals surface area contributed by atoms with Crippen molar-refractivity contribution in [1.29, 1.82) is 0 Å². The second kappa shape index (κ2) is 11.9. The average molecular weight is 619 g/mol. The van der Waals surface area contributed by atoms with Crippen molar-refractivity contribution in [3.8, 4) is 6.01 Å². The van der Waals surface area contributed by atoms with Crippen molar-refractivity contribution in [3.05, 3.63) is 64.5 Å². The van der Waals surface area contributed by atoms with Gasteiger partial charge < -0.3 is 29.3 Å². The molecule has 1 N–H and O–H groups in total. The Morgan fingerprint density at radius 1 is 1.24 bits per heavy atom. The molecule has 2 aromatic heterocycles. The molecule has 0 bridgehead atoms. The summed E-state index contributed by atoms with van der Waals surface area (Å²) in [5.41, 5.74) is 5.24. The fourth-order valence-corrected chi connectivity index (χ4v) is 7.18. The molecule has 45 heavy (non-hydrogen) atoms. The minimum Gasteiger partial charge on any atom is -0.462 e. The normalized spacial score (nSPS) is 23.7. The van der Waals surface area contributed by atoms with E-state index in [1.54, 1.807) is 6.92 Å². The molecule has 1 unspecified atom stereocenters. The molecule has 12 heteroatoms. The van der Waals surface area contributed by atoms with Crippen LogP contribution in [0.15, 0.2) is 30.7 Å². The smallest absolute Gasteiger partial charge is 0.318 e. The molecule has 0 aliphatic carbocycles. The number of ether oxygens (including phenoxy) is 1. The summed E-state index contributed by atoms with van der Waals surface area (Å²) in [6, 6.07) is 3.87. The summed E-state index contributed by atoms with van der Waals surface area (Å²) in [6.45, 7) is 19.4. The van der Waals surface area contributed by atoms with Crippen LogP contribution in [-0.4, -0.2) is 101 Å². The highest BCUT2D eigenvalue weighted by Crippen LogP contribution is 2.38. The Bertz CT molecular complexity index is 1680. The molecule has 2 fully saturated rings. The Morgan fingerprint density at radius 3 is 2.76 bits per heavy atom. The van der Waals surface area contributed by atoms with Crippen LogP contribution in [0.25, 0.3) is 15.7 Å². The summed E-state index contributed by atoms with van der Waals surface area (Å²) < 4.78 is 34.8. The highest BCUT2D eigenvalue weighted by atomic mass is 19.1. The zero-order valence-corrected chi connectivity index (χ0v) is 26.4. The van der Waals surface area contributed by atoms with Gasteiger partial charge in [-0.2, -0.15) is 9.97 Å². The van der Waals surface area contributed by atoms with Crippen LogP contribution >= 0.6 is 0 Å². The fraction of sp³-hybridized carbons (Fsp3) is 0.515. The van der Waals surface area contributed by atoms with E-state index in [2.05, 4.69) is 52.2 Å². The van der Waals surface area contributed by atoms with Crippen molar-refractivity contribution in [2.45, 2.75) is 57.9 Å². The molecule has 3 aliphatic heterocycles. The number of carbonyl (C=O) groups excluding carboxylic acids is 1. The van der Waals surface area contributed by atoms with Gasteiger partial charge in [-0.15, -0.1) is 0 Å². The number of rotatable bonds is 7. The number of carbonyl (C=O) groups is 1. The van der Waals surface area contributed by atoms with E-state index in [-0.39, 0.29) is 31.7 Å². The predicted octanol–water partition coefficient (Wildman–Crippen LogP) is 4.37. The Balaban J connectivity index is 1.34. The van der Waals surface area contributed by atoms with Crippen molar-refractivity contribution < 1.29 is 18.3 Å². The highest BCUT2D eigenvalue weighted by Gasteiger charge is 2.40. The first kappa shape index (κ1) is 30.8. The number of hydrogen-bond acceptors (Lipinski definition) is 7. The minimum absolute atomic E-state index is 0.0369. The number of fused-ring (bicyclic) bond motifs is 2. The standard InChI is InChI=1S/C33H40F2N8O2/c1-20-13-27-25(7-9-37-27)29(21(20)2)41-10-8-26-28(17-41)38-32(45-18-23-14-33(4,35)19-40(23)6)39-30(26)42-11-12-43(31(44)22(3)34)24(16-42)15-36-5/h7,9,13,23-24,37H,3,8,10-12,14-19H2,1-2,4,6H3/t23-,24-,33?/m0/s1. The van der Waals surface area contributed by atoms with E-state index in [0.717, 1.165) is 28.7 Å². The largest absolute Gasteiger partial charge is 0.462 e. The molecule has 10 nitrogen and oxygen atoms in total. The number of likely N-dealkylation sites (N-methyl/N-ethyl adjacent to an activating group) is 1. The number of H-pyrrole nitrogens is 1. The maximum atomic E-state index is 14.7. The third kappa shape index (κ3) is 5.93. The number of benzene rings is 1.